The molecule has 2 N–H and O–H groups in total. The molecule has 3 fully saturated rings. The summed E-state index contributed by atoms with van der Waals surface area (Å²) in [5.41, 5.74) is 3.20. The first kappa shape index (κ1) is 24.0. The van der Waals surface area contributed by atoms with Gasteiger partial charge in [0.25, 0.3) is 0 Å². The number of benzene rings is 1. The van der Waals surface area contributed by atoms with Crippen molar-refractivity contribution < 1.29 is 31.5 Å². The number of likely N-dealkylation sites (tertiary alicyclic amines) is 1. The molecule has 4 rings (SSSR count). The predicted octanol–water partition coefficient (Wildman–Crippen LogP) is 3.45. The van der Waals surface area contributed by atoms with Gasteiger partial charge in [-0.15, -0.1) is 0 Å². The number of hydrogen-bond donors (Lipinski definition) is 2. The molecule has 0 radical (unpaired) electrons. The third-order valence-electron chi connectivity index (χ3n) is 6.47. The molecule has 1 aliphatic heterocycles. The predicted molar refractivity (Wildman–Crippen MR) is 110 cm³/mol. The smallest absolute Gasteiger partial charge is 0.475 e. The average molecular weight is 463 g/mol. The molecule has 0 unspecified atom stereocenters. The van der Waals surface area contributed by atoms with Crippen molar-refractivity contribution in [1.82, 2.24) is 9.62 Å². The largest absolute Gasteiger partial charge is 0.490 e. The lowest BCUT2D eigenvalue weighted by Gasteiger charge is -2.52. The van der Waals surface area contributed by atoms with E-state index in [0.29, 0.717) is 5.41 Å². The molecule has 2 saturated carbocycles. The Morgan fingerprint density at radius 3 is 2.23 bits per heavy atom. The number of halogens is 3. The number of aryl methyl sites for hydroxylation is 1. The highest BCUT2D eigenvalue weighted by atomic mass is 32.2. The first-order valence-electron chi connectivity index (χ1n) is 10.5. The van der Waals surface area contributed by atoms with Gasteiger partial charge in [-0.05, 0) is 75.1 Å². The van der Waals surface area contributed by atoms with Crippen LogP contribution in [0.5, 0.6) is 0 Å². The topological polar surface area (TPSA) is 86.7 Å². The first-order valence-corrected chi connectivity index (χ1v) is 12.0. The minimum absolute atomic E-state index is 0.0926. The summed E-state index contributed by atoms with van der Waals surface area (Å²) in [5.74, 6) is -2.76. The fourth-order valence-corrected chi connectivity index (χ4v) is 5.98. The van der Waals surface area contributed by atoms with Crippen LogP contribution < -0.4 is 4.72 Å². The highest BCUT2D eigenvalue weighted by molar-refractivity contribution is 7.90. The Hall–Kier alpha value is -1.65. The number of sulfonamides is 1. The Morgan fingerprint density at radius 1 is 1.19 bits per heavy atom. The van der Waals surface area contributed by atoms with Gasteiger partial charge >= 0.3 is 12.1 Å². The maximum Gasteiger partial charge on any atom is 0.490 e. The fraction of sp³-hybridized carbons (Fsp3) is 0.667. The minimum Gasteiger partial charge on any atom is -0.475 e. The van der Waals surface area contributed by atoms with E-state index >= 15 is 0 Å². The molecule has 174 valence electrons. The number of rotatable bonds is 5. The van der Waals surface area contributed by atoms with Crippen LogP contribution >= 0.6 is 0 Å². The van der Waals surface area contributed by atoms with Crippen molar-refractivity contribution in [1.29, 1.82) is 0 Å². The number of alkyl halides is 3. The Balaban J connectivity index is 0.000000339. The zero-order valence-corrected chi connectivity index (χ0v) is 18.3. The number of nitrogens with one attached hydrogen (secondary N) is 1. The van der Waals surface area contributed by atoms with E-state index in [1.54, 1.807) is 0 Å². The van der Waals surface area contributed by atoms with Crippen molar-refractivity contribution >= 4 is 16.0 Å². The van der Waals surface area contributed by atoms with Crippen molar-refractivity contribution in [3.63, 3.8) is 0 Å². The molecule has 1 aromatic carbocycles. The number of nitrogens with zero attached hydrogens (tertiary/aromatic N) is 1. The van der Waals surface area contributed by atoms with Crippen molar-refractivity contribution in [3.8, 4) is 0 Å². The zero-order chi connectivity index (χ0) is 22.9. The Labute approximate surface area is 180 Å². The van der Waals surface area contributed by atoms with E-state index in [-0.39, 0.29) is 11.3 Å². The SMILES string of the molecule is Cc1ccccc1CN1CCC2(CC1)CC(NS(=O)(=O)C1CC1)C2.O=C(O)C(F)(F)F. The van der Waals surface area contributed by atoms with Gasteiger partial charge in [0, 0.05) is 12.6 Å². The van der Waals surface area contributed by atoms with Crippen LogP contribution in [0.2, 0.25) is 0 Å². The number of carbonyl (C=O) groups is 1. The molecule has 0 amide bonds. The van der Waals surface area contributed by atoms with Crippen LogP contribution in [-0.4, -0.2) is 55.0 Å². The lowest BCUT2D eigenvalue weighted by Crippen LogP contribution is -2.55. The Morgan fingerprint density at radius 2 is 1.74 bits per heavy atom. The van der Waals surface area contributed by atoms with Crippen LogP contribution in [0.4, 0.5) is 13.2 Å². The van der Waals surface area contributed by atoms with E-state index in [1.807, 2.05) is 0 Å². The third kappa shape index (κ3) is 6.43. The van der Waals surface area contributed by atoms with Gasteiger partial charge in [0.05, 0.1) is 5.25 Å². The summed E-state index contributed by atoms with van der Waals surface area (Å²) in [6, 6.07) is 8.82. The summed E-state index contributed by atoms with van der Waals surface area (Å²) in [4.78, 5) is 11.4. The van der Waals surface area contributed by atoms with Crippen LogP contribution in [0, 0.1) is 12.3 Å². The molecule has 0 aromatic heterocycles. The molecule has 0 atom stereocenters. The van der Waals surface area contributed by atoms with Crippen LogP contribution in [0.1, 0.15) is 49.7 Å². The van der Waals surface area contributed by atoms with Crippen molar-refractivity contribution in [2.75, 3.05) is 13.1 Å². The summed E-state index contributed by atoms with van der Waals surface area (Å²) in [6.07, 6.45) is 1.11. The van der Waals surface area contributed by atoms with Crippen LogP contribution in [0.25, 0.3) is 0 Å². The Bertz CT molecular complexity index is 884. The Kier molecular flexibility index (Phi) is 7.02. The zero-order valence-electron chi connectivity index (χ0n) is 17.5. The van der Waals surface area contributed by atoms with Gasteiger partial charge in [-0.1, -0.05) is 24.3 Å². The van der Waals surface area contributed by atoms with Gasteiger partial charge in [-0.2, -0.15) is 13.2 Å². The molecule has 2 aliphatic carbocycles. The lowest BCUT2D eigenvalue weighted by atomic mass is 9.60. The number of aliphatic carboxylic acids is 1. The second-order valence-corrected chi connectivity index (χ2v) is 11.0. The van der Waals surface area contributed by atoms with Crippen LogP contribution in [-0.2, 0) is 21.4 Å². The highest BCUT2D eigenvalue weighted by Crippen LogP contribution is 2.49. The molecule has 0 bridgehead atoms. The molecule has 3 aliphatic rings. The van der Waals surface area contributed by atoms with Crippen molar-refractivity contribution in [2.45, 2.75) is 69.5 Å². The van der Waals surface area contributed by atoms with E-state index in [1.165, 1.54) is 24.0 Å². The standard InChI is InChI=1S/C19H28N2O2S.C2HF3O2/c1-15-4-2-3-5-16(15)14-21-10-8-19(9-11-21)12-17(13-19)20-24(22,23)18-6-7-18;3-2(4,5)1(6)7/h2-5,17-18,20H,6-14H2,1H3;(H,6,7). The maximum atomic E-state index is 12.0. The minimum atomic E-state index is -5.08. The average Bonchev–Trinajstić information content (AvgIpc) is 3.49. The lowest BCUT2D eigenvalue weighted by molar-refractivity contribution is -0.192. The van der Waals surface area contributed by atoms with Gasteiger partial charge in [0.1, 0.15) is 0 Å². The van der Waals surface area contributed by atoms with E-state index in [2.05, 4.69) is 40.8 Å². The normalized spacial score (nSPS) is 21.8. The quantitative estimate of drug-likeness (QED) is 0.700. The van der Waals surface area contributed by atoms with Crippen LogP contribution in [0.15, 0.2) is 24.3 Å². The van der Waals surface area contributed by atoms with E-state index in [4.69, 9.17) is 9.90 Å². The fourth-order valence-electron chi connectivity index (χ4n) is 4.40. The van der Waals surface area contributed by atoms with Gasteiger partial charge < -0.3 is 5.11 Å². The number of piperidine rings is 1. The summed E-state index contributed by atoms with van der Waals surface area (Å²) in [5, 5.41) is 7.03. The molecule has 10 heteroatoms. The monoisotopic (exact) mass is 462 g/mol. The van der Waals surface area contributed by atoms with E-state index < -0.39 is 22.2 Å². The second-order valence-electron chi connectivity index (χ2n) is 8.97. The first-order chi connectivity index (χ1) is 14.4. The third-order valence-corrected chi connectivity index (χ3v) is 8.48. The molecule has 6 nitrogen and oxygen atoms in total. The molecule has 1 aromatic rings. The summed E-state index contributed by atoms with van der Waals surface area (Å²) >= 11 is 0. The molecular formula is C21H29F3N2O4S. The maximum absolute atomic E-state index is 12.0. The van der Waals surface area contributed by atoms with Crippen LogP contribution in [0.3, 0.4) is 0 Å². The van der Waals surface area contributed by atoms with E-state index in [9.17, 15) is 21.6 Å². The van der Waals surface area contributed by atoms with Gasteiger partial charge in [0.15, 0.2) is 0 Å². The number of carboxylic acids is 1. The highest BCUT2D eigenvalue weighted by Gasteiger charge is 2.48. The van der Waals surface area contributed by atoms with Crippen molar-refractivity contribution in [3.05, 3.63) is 35.4 Å². The summed E-state index contributed by atoms with van der Waals surface area (Å²) in [6.45, 7) is 5.50. The van der Waals surface area contributed by atoms with Gasteiger partial charge in [-0.3, -0.25) is 4.90 Å². The van der Waals surface area contributed by atoms with Crippen molar-refractivity contribution in [2.24, 2.45) is 5.41 Å². The molecular weight excluding hydrogens is 433 g/mol. The number of hydrogen-bond acceptors (Lipinski definition) is 4. The summed E-state index contributed by atoms with van der Waals surface area (Å²) in [7, 11) is -3.02. The summed E-state index contributed by atoms with van der Waals surface area (Å²) < 4.78 is 58.7. The second kappa shape index (κ2) is 9.07. The molecule has 1 heterocycles. The molecule has 1 saturated heterocycles. The number of carboxylic acid groups (broad SMARTS) is 1. The van der Waals surface area contributed by atoms with Gasteiger partial charge in [-0.25, -0.2) is 17.9 Å². The van der Waals surface area contributed by atoms with Gasteiger partial charge in [0.2, 0.25) is 10.0 Å². The molecule has 1 spiro atoms. The molecule has 31 heavy (non-hydrogen) atoms. The van der Waals surface area contributed by atoms with E-state index in [0.717, 1.165) is 45.3 Å².